The van der Waals surface area contributed by atoms with Crippen LogP contribution in [0, 0.1) is 23.5 Å². The Morgan fingerprint density at radius 3 is 1.98 bits per heavy atom. The van der Waals surface area contributed by atoms with Gasteiger partial charge in [-0.15, -0.1) is 0 Å². The van der Waals surface area contributed by atoms with Crippen molar-refractivity contribution in [2.75, 3.05) is 6.61 Å². The van der Waals surface area contributed by atoms with E-state index in [4.69, 9.17) is 4.74 Å². The van der Waals surface area contributed by atoms with Crippen LogP contribution in [-0.2, 0) is 0 Å². The van der Waals surface area contributed by atoms with Gasteiger partial charge in [0.2, 0.25) is 0 Å². The summed E-state index contributed by atoms with van der Waals surface area (Å²) in [5, 5.41) is -4.37. The Labute approximate surface area is 248 Å². The molecule has 12 heteroatoms. The minimum Gasteiger partial charge on any atom is -0.494 e. The highest BCUT2D eigenvalue weighted by Gasteiger charge is 2.74. The fraction of sp³-hybridized carbons (Fsp3) is 0.312. The van der Waals surface area contributed by atoms with Crippen LogP contribution >= 0.6 is 10.2 Å². The zero-order valence-electron chi connectivity index (χ0n) is 23.5. The monoisotopic (exact) mass is 650 g/mol. The minimum absolute atomic E-state index is 0.107. The van der Waals surface area contributed by atoms with E-state index in [1.165, 1.54) is 12.2 Å². The maximum Gasteiger partial charge on any atom is 0.297 e. The van der Waals surface area contributed by atoms with E-state index in [1.54, 1.807) is 24.3 Å². The zero-order chi connectivity index (χ0) is 32.5. The predicted octanol–water partition coefficient (Wildman–Crippen LogP) is 11.1. The molecule has 4 rings (SSSR count). The molecule has 0 heterocycles. The Balaban J connectivity index is 1.62. The van der Waals surface area contributed by atoms with E-state index in [1.807, 2.05) is 13.8 Å². The van der Waals surface area contributed by atoms with Gasteiger partial charge in [0, 0.05) is 17.1 Å². The maximum atomic E-state index is 15.4. The van der Waals surface area contributed by atoms with Gasteiger partial charge in [0.25, 0.3) is 10.2 Å². The van der Waals surface area contributed by atoms with Crippen molar-refractivity contribution in [2.24, 2.45) is 0 Å². The molecule has 0 bridgehead atoms. The molecule has 44 heavy (non-hydrogen) atoms. The Hall–Kier alpha value is -3.59. The van der Waals surface area contributed by atoms with Gasteiger partial charge in [-0.05, 0) is 84.2 Å². The number of halogens is 10. The SMILES string of the molecule is CCCOc1ccc(C#CC2=CC(F)C(c3cc(F)c(C4=CC(F)C(S(F)(F)(F)(F)F)C(F)=C4)c(F)c3)C=C2CCC)cc1. The van der Waals surface area contributed by atoms with Crippen molar-refractivity contribution >= 4 is 15.8 Å². The molecule has 0 aromatic heterocycles. The summed E-state index contributed by atoms with van der Waals surface area (Å²) in [5.41, 5.74) is -0.705. The summed E-state index contributed by atoms with van der Waals surface area (Å²) in [4.78, 5) is 0. The van der Waals surface area contributed by atoms with Gasteiger partial charge in [0.15, 0.2) is 5.25 Å². The first-order chi connectivity index (χ1) is 20.4. The maximum absolute atomic E-state index is 15.4. The number of benzene rings is 2. The van der Waals surface area contributed by atoms with Crippen LogP contribution in [0.25, 0.3) is 5.57 Å². The average Bonchev–Trinajstić information content (AvgIpc) is 2.90. The molecule has 0 saturated heterocycles. The normalized spacial score (nSPS) is 23.6. The van der Waals surface area contributed by atoms with Gasteiger partial charge >= 0.3 is 0 Å². The number of allylic oxidation sites excluding steroid dienone is 7. The van der Waals surface area contributed by atoms with Crippen molar-refractivity contribution in [3.8, 4) is 17.6 Å². The van der Waals surface area contributed by atoms with Crippen LogP contribution in [0.15, 0.2) is 77.7 Å². The van der Waals surface area contributed by atoms with Crippen LogP contribution in [0.5, 0.6) is 5.75 Å². The predicted molar refractivity (Wildman–Crippen MR) is 153 cm³/mol. The highest BCUT2D eigenvalue weighted by atomic mass is 32.5. The van der Waals surface area contributed by atoms with Gasteiger partial charge in [-0.2, -0.15) is 0 Å². The molecule has 0 spiro atoms. The van der Waals surface area contributed by atoms with E-state index < -0.39 is 62.3 Å². The highest BCUT2D eigenvalue weighted by molar-refractivity contribution is 8.46. The first kappa shape index (κ1) is 33.3. The molecule has 1 nitrogen and oxygen atoms in total. The summed E-state index contributed by atoms with van der Waals surface area (Å²) in [6, 6.07) is 8.39. The first-order valence-corrected chi connectivity index (χ1v) is 15.7. The standard InChI is InChI=1S/C32H28F10OS/c1-3-5-20-13-25(26(33)14-21(20)9-6-19-7-10-24(11-8-19)43-12-4-2)22-15-27(34)31(28(35)16-22)23-17-29(36)32(30(37)18-23)44(38,39,40,41)42/h7-8,10-11,13-18,25-26,29,32H,3-5,12H2,1-2H3. The number of ether oxygens (including phenoxy) is 1. The first-order valence-electron chi connectivity index (χ1n) is 13.7. The molecule has 238 valence electrons. The van der Waals surface area contributed by atoms with Crippen molar-refractivity contribution < 1.29 is 46.1 Å². The molecular weight excluding hydrogens is 622 g/mol. The van der Waals surface area contributed by atoms with Crippen LogP contribution < -0.4 is 4.74 Å². The molecule has 0 amide bonds. The van der Waals surface area contributed by atoms with Gasteiger partial charge in [0.1, 0.15) is 35.6 Å². The van der Waals surface area contributed by atoms with E-state index in [0.717, 1.165) is 6.42 Å². The van der Waals surface area contributed by atoms with Crippen molar-refractivity contribution in [2.45, 2.75) is 56.6 Å². The van der Waals surface area contributed by atoms with Crippen LogP contribution in [0.3, 0.4) is 0 Å². The molecule has 2 aromatic rings. The molecule has 2 aliphatic rings. The second-order valence-electron chi connectivity index (χ2n) is 10.5. The lowest BCUT2D eigenvalue weighted by atomic mass is 9.82. The van der Waals surface area contributed by atoms with Crippen molar-refractivity contribution in [3.63, 3.8) is 0 Å². The Morgan fingerprint density at radius 1 is 0.795 bits per heavy atom. The molecule has 0 fully saturated rings. The van der Waals surface area contributed by atoms with Crippen LogP contribution in [0.1, 0.15) is 55.7 Å². The Bertz CT molecular complexity index is 1590. The van der Waals surface area contributed by atoms with Gasteiger partial charge in [-0.25, -0.2) is 22.0 Å². The van der Waals surface area contributed by atoms with Gasteiger partial charge < -0.3 is 4.74 Å². The third kappa shape index (κ3) is 7.54. The summed E-state index contributed by atoms with van der Waals surface area (Å²) in [6.45, 7) is 4.41. The van der Waals surface area contributed by atoms with E-state index in [-0.39, 0.29) is 17.7 Å². The lowest BCUT2D eigenvalue weighted by molar-refractivity contribution is 0.286. The topological polar surface area (TPSA) is 9.23 Å². The number of hydrogen-bond acceptors (Lipinski definition) is 1. The van der Waals surface area contributed by atoms with Crippen LogP contribution in [-0.4, -0.2) is 24.2 Å². The highest BCUT2D eigenvalue weighted by Crippen LogP contribution is 3.01. The molecule has 0 aliphatic heterocycles. The van der Waals surface area contributed by atoms with Gasteiger partial charge in [-0.1, -0.05) is 57.6 Å². The molecule has 0 saturated carbocycles. The molecule has 2 aromatic carbocycles. The quantitative estimate of drug-likeness (QED) is 0.204. The van der Waals surface area contributed by atoms with Crippen molar-refractivity contribution in [1.82, 2.24) is 0 Å². The fourth-order valence-corrected chi connectivity index (χ4v) is 6.08. The van der Waals surface area contributed by atoms with E-state index >= 15 is 13.2 Å². The average molecular weight is 651 g/mol. The number of alkyl halides is 2. The Kier molecular flexibility index (Phi) is 8.88. The number of hydrogen-bond donors (Lipinski definition) is 0. The third-order valence-corrected chi connectivity index (χ3v) is 8.44. The Morgan fingerprint density at radius 2 is 1.43 bits per heavy atom. The summed E-state index contributed by atoms with van der Waals surface area (Å²) in [5.74, 6) is -0.155. The number of rotatable bonds is 8. The summed E-state index contributed by atoms with van der Waals surface area (Å²) in [7, 11) is -10.7. The molecule has 4 atom stereocenters. The molecule has 0 radical (unpaired) electrons. The van der Waals surface area contributed by atoms with Gasteiger partial charge in [0.05, 0.1) is 12.2 Å². The molecule has 4 unspecified atom stereocenters. The fourth-order valence-electron chi connectivity index (χ4n) is 5.02. The van der Waals surface area contributed by atoms with E-state index in [0.29, 0.717) is 54.0 Å². The summed E-state index contributed by atoms with van der Waals surface area (Å²) >= 11 is 0. The molecule has 2 aliphatic carbocycles. The lowest BCUT2D eigenvalue weighted by Gasteiger charge is -2.47. The van der Waals surface area contributed by atoms with Crippen LogP contribution in [0.4, 0.5) is 41.4 Å². The van der Waals surface area contributed by atoms with Crippen molar-refractivity contribution in [1.29, 1.82) is 0 Å². The second-order valence-corrected chi connectivity index (χ2v) is 13.1. The van der Waals surface area contributed by atoms with E-state index in [9.17, 15) is 28.2 Å². The zero-order valence-corrected chi connectivity index (χ0v) is 24.3. The van der Waals surface area contributed by atoms with Gasteiger partial charge in [-0.3, -0.25) is 0 Å². The molecule has 0 N–H and O–H groups in total. The summed E-state index contributed by atoms with van der Waals surface area (Å²) in [6.07, 6.45) is -1.05. The largest absolute Gasteiger partial charge is 0.494 e. The van der Waals surface area contributed by atoms with E-state index in [2.05, 4.69) is 11.8 Å². The second kappa shape index (κ2) is 11.7. The lowest BCUT2D eigenvalue weighted by Crippen LogP contribution is -2.35. The smallest absolute Gasteiger partial charge is 0.297 e. The molecular formula is C32H28F10OS. The third-order valence-electron chi connectivity index (χ3n) is 6.99. The van der Waals surface area contributed by atoms with Crippen LogP contribution in [0.2, 0.25) is 0 Å². The minimum atomic E-state index is -10.7. The van der Waals surface area contributed by atoms with Crippen molar-refractivity contribution in [3.05, 3.63) is 106 Å². The summed E-state index contributed by atoms with van der Waals surface area (Å²) < 4.78 is 145.